The van der Waals surface area contributed by atoms with E-state index in [1.807, 2.05) is 0 Å². The van der Waals surface area contributed by atoms with E-state index < -0.39 is 0 Å². The summed E-state index contributed by atoms with van der Waals surface area (Å²) >= 11 is 0. The third kappa shape index (κ3) is 5.87. The fourth-order valence-corrected chi connectivity index (χ4v) is 1.45. The number of allylic oxidation sites excluding steroid dienone is 1. The van der Waals surface area contributed by atoms with E-state index in [9.17, 15) is 0 Å². The van der Waals surface area contributed by atoms with Gasteiger partial charge in [0, 0.05) is 6.04 Å². The molecule has 1 aliphatic carbocycles. The zero-order valence-electron chi connectivity index (χ0n) is 9.10. The average Bonchev–Trinajstić information content (AvgIpc) is 2.92. The van der Waals surface area contributed by atoms with Gasteiger partial charge in [-0.2, -0.15) is 0 Å². The van der Waals surface area contributed by atoms with E-state index in [0.717, 1.165) is 6.04 Å². The molecule has 0 heterocycles. The molecule has 0 aromatic carbocycles. The molecule has 0 bridgehead atoms. The second-order valence-corrected chi connectivity index (χ2v) is 4.17. The number of rotatable bonds is 7. The van der Waals surface area contributed by atoms with Crippen LogP contribution in [-0.2, 0) is 0 Å². The van der Waals surface area contributed by atoms with Crippen molar-refractivity contribution in [3.8, 4) is 0 Å². The van der Waals surface area contributed by atoms with Gasteiger partial charge in [-0.1, -0.05) is 25.0 Å². The van der Waals surface area contributed by atoms with Crippen molar-refractivity contribution in [1.82, 2.24) is 5.32 Å². The van der Waals surface area contributed by atoms with Gasteiger partial charge in [-0.3, -0.25) is 0 Å². The first-order valence-electron chi connectivity index (χ1n) is 5.72. The molecule has 0 spiro atoms. The molecule has 76 valence electrons. The zero-order chi connectivity index (χ0) is 9.52. The lowest BCUT2D eigenvalue weighted by molar-refractivity contribution is 0.686. The summed E-state index contributed by atoms with van der Waals surface area (Å²) in [5, 5.41) is 3.52. The lowest BCUT2D eigenvalue weighted by atomic mass is 10.1. The predicted molar refractivity (Wildman–Crippen MR) is 58.9 cm³/mol. The van der Waals surface area contributed by atoms with E-state index in [4.69, 9.17) is 0 Å². The highest BCUT2D eigenvalue weighted by Crippen LogP contribution is 2.18. The third-order valence-electron chi connectivity index (χ3n) is 2.57. The van der Waals surface area contributed by atoms with Crippen LogP contribution in [0.15, 0.2) is 11.6 Å². The average molecular weight is 181 g/mol. The summed E-state index contributed by atoms with van der Waals surface area (Å²) in [6.07, 6.45) is 10.4. The molecule has 0 aromatic heterocycles. The van der Waals surface area contributed by atoms with Crippen molar-refractivity contribution in [2.75, 3.05) is 6.54 Å². The first kappa shape index (κ1) is 10.8. The minimum atomic E-state index is 0.865. The van der Waals surface area contributed by atoms with Crippen molar-refractivity contribution < 1.29 is 0 Å². The van der Waals surface area contributed by atoms with Crippen LogP contribution in [0.1, 0.15) is 52.4 Å². The molecule has 0 aromatic rings. The Kier molecular flexibility index (Phi) is 5.14. The van der Waals surface area contributed by atoms with Gasteiger partial charge in [0.1, 0.15) is 0 Å². The Bertz CT molecular complexity index is 157. The first-order chi connectivity index (χ1) is 6.33. The highest BCUT2D eigenvalue weighted by molar-refractivity contribution is 4.98. The molecule has 1 aliphatic rings. The molecule has 1 saturated carbocycles. The largest absolute Gasteiger partial charge is 0.314 e. The predicted octanol–water partition coefficient (Wildman–Crippen LogP) is 3.27. The molecule has 0 amide bonds. The van der Waals surface area contributed by atoms with E-state index >= 15 is 0 Å². The quantitative estimate of drug-likeness (QED) is 0.469. The fraction of sp³-hybridized carbons (Fsp3) is 0.833. The van der Waals surface area contributed by atoms with Gasteiger partial charge in [-0.25, -0.2) is 0 Å². The molecule has 0 radical (unpaired) electrons. The van der Waals surface area contributed by atoms with Gasteiger partial charge in [0.05, 0.1) is 0 Å². The Morgan fingerprint density at radius 3 is 2.85 bits per heavy atom. The van der Waals surface area contributed by atoms with Crippen LogP contribution in [-0.4, -0.2) is 12.6 Å². The van der Waals surface area contributed by atoms with E-state index in [-0.39, 0.29) is 0 Å². The number of unbranched alkanes of at least 4 members (excludes halogenated alkanes) is 1. The molecule has 0 saturated heterocycles. The van der Waals surface area contributed by atoms with Crippen molar-refractivity contribution in [2.24, 2.45) is 0 Å². The molecule has 13 heavy (non-hydrogen) atoms. The molecular formula is C12H23N. The van der Waals surface area contributed by atoms with Crippen LogP contribution in [0.4, 0.5) is 0 Å². The Labute approximate surface area is 82.6 Å². The summed E-state index contributed by atoms with van der Waals surface area (Å²) in [6.45, 7) is 5.68. The molecule has 1 heteroatoms. The highest BCUT2D eigenvalue weighted by Gasteiger charge is 2.19. The lowest BCUT2D eigenvalue weighted by Gasteiger charge is -2.01. The van der Waals surface area contributed by atoms with Gasteiger partial charge in [-0.15, -0.1) is 0 Å². The van der Waals surface area contributed by atoms with E-state index in [1.54, 1.807) is 5.57 Å². The summed E-state index contributed by atoms with van der Waals surface area (Å²) in [4.78, 5) is 0. The molecule has 0 unspecified atom stereocenters. The molecule has 0 atom stereocenters. The van der Waals surface area contributed by atoms with Crippen molar-refractivity contribution in [3.05, 3.63) is 11.6 Å². The van der Waals surface area contributed by atoms with Gasteiger partial charge in [-0.05, 0) is 45.6 Å². The number of hydrogen-bond acceptors (Lipinski definition) is 1. The molecule has 1 rings (SSSR count). The van der Waals surface area contributed by atoms with E-state index in [1.165, 1.54) is 45.1 Å². The van der Waals surface area contributed by atoms with Crippen LogP contribution in [0.3, 0.4) is 0 Å². The molecule has 1 N–H and O–H groups in total. The maximum atomic E-state index is 3.52. The summed E-state index contributed by atoms with van der Waals surface area (Å²) in [5.41, 5.74) is 1.57. The minimum Gasteiger partial charge on any atom is -0.314 e. The second kappa shape index (κ2) is 6.20. The Balaban J connectivity index is 1.93. The second-order valence-electron chi connectivity index (χ2n) is 4.17. The minimum absolute atomic E-state index is 0.865. The summed E-state index contributed by atoms with van der Waals surface area (Å²) < 4.78 is 0. The lowest BCUT2D eigenvalue weighted by Crippen LogP contribution is -2.16. The summed E-state index contributed by atoms with van der Waals surface area (Å²) in [6, 6.07) is 0.865. The topological polar surface area (TPSA) is 12.0 Å². The van der Waals surface area contributed by atoms with Gasteiger partial charge < -0.3 is 5.32 Å². The number of hydrogen-bond donors (Lipinski definition) is 1. The van der Waals surface area contributed by atoms with Crippen LogP contribution < -0.4 is 5.32 Å². The molecular weight excluding hydrogens is 158 g/mol. The molecule has 1 nitrogen and oxygen atoms in total. The Hall–Kier alpha value is -0.300. The third-order valence-corrected chi connectivity index (χ3v) is 2.57. The maximum Gasteiger partial charge on any atom is 0.00683 e. The first-order valence-corrected chi connectivity index (χ1v) is 5.72. The van der Waals surface area contributed by atoms with Crippen molar-refractivity contribution in [3.63, 3.8) is 0 Å². The van der Waals surface area contributed by atoms with Gasteiger partial charge >= 0.3 is 0 Å². The van der Waals surface area contributed by atoms with E-state index in [0.29, 0.717) is 0 Å². The molecule has 1 fully saturated rings. The van der Waals surface area contributed by atoms with Crippen molar-refractivity contribution in [1.29, 1.82) is 0 Å². The Morgan fingerprint density at radius 2 is 2.23 bits per heavy atom. The normalized spacial score (nSPS) is 17.8. The Morgan fingerprint density at radius 1 is 1.46 bits per heavy atom. The monoisotopic (exact) mass is 181 g/mol. The fourth-order valence-electron chi connectivity index (χ4n) is 1.45. The summed E-state index contributed by atoms with van der Waals surface area (Å²) in [5.74, 6) is 0. The van der Waals surface area contributed by atoms with Crippen LogP contribution in [0.2, 0.25) is 0 Å². The molecule has 0 aliphatic heterocycles. The van der Waals surface area contributed by atoms with Crippen LogP contribution in [0.5, 0.6) is 0 Å². The van der Waals surface area contributed by atoms with Crippen LogP contribution in [0.25, 0.3) is 0 Å². The van der Waals surface area contributed by atoms with Crippen molar-refractivity contribution in [2.45, 2.75) is 58.4 Å². The van der Waals surface area contributed by atoms with Crippen molar-refractivity contribution >= 4 is 0 Å². The summed E-state index contributed by atoms with van der Waals surface area (Å²) in [7, 11) is 0. The van der Waals surface area contributed by atoms with Gasteiger partial charge in [0.15, 0.2) is 0 Å². The van der Waals surface area contributed by atoms with Crippen LogP contribution >= 0.6 is 0 Å². The van der Waals surface area contributed by atoms with Gasteiger partial charge in [0.2, 0.25) is 0 Å². The van der Waals surface area contributed by atoms with Gasteiger partial charge in [0.25, 0.3) is 0 Å². The zero-order valence-corrected chi connectivity index (χ0v) is 9.10. The van der Waals surface area contributed by atoms with Crippen LogP contribution in [0, 0.1) is 0 Å². The highest BCUT2D eigenvalue weighted by atomic mass is 14.9. The van der Waals surface area contributed by atoms with E-state index in [2.05, 4.69) is 25.2 Å². The maximum absolute atomic E-state index is 3.52. The SMILES string of the molecule is CCCCC(C)=CCCNC1CC1. The smallest absolute Gasteiger partial charge is 0.00683 e. The number of nitrogens with one attached hydrogen (secondary N) is 1. The standard InChI is InChI=1S/C12H23N/c1-3-4-6-11(2)7-5-10-13-12-8-9-12/h7,12-13H,3-6,8-10H2,1-2H3.